The van der Waals surface area contributed by atoms with Crippen LogP contribution in [0.2, 0.25) is 0 Å². The minimum absolute atomic E-state index is 0.0394. The van der Waals surface area contributed by atoms with Crippen LogP contribution in [-0.4, -0.2) is 40.5 Å². The molecule has 4 amide bonds. The lowest BCUT2D eigenvalue weighted by Crippen LogP contribution is -2.54. The molecule has 0 spiro atoms. The number of nitrogens with zero attached hydrogens (tertiary/aromatic N) is 1. The third-order valence-electron chi connectivity index (χ3n) is 5.00. The lowest BCUT2D eigenvalue weighted by atomic mass is 9.81. The van der Waals surface area contributed by atoms with Crippen LogP contribution < -0.4 is 10.2 Å². The largest absolute Gasteiger partial charge is 0.355 e. The van der Waals surface area contributed by atoms with Crippen molar-refractivity contribution in [1.82, 2.24) is 10.2 Å². The summed E-state index contributed by atoms with van der Waals surface area (Å²) in [5, 5.41) is 2.17. The quantitative estimate of drug-likeness (QED) is 0.443. The molecule has 160 valence electrons. The van der Waals surface area contributed by atoms with Crippen LogP contribution in [0.15, 0.2) is 12.1 Å². The highest BCUT2D eigenvalue weighted by Gasteiger charge is 2.47. The van der Waals surface area contributed by atoms with E-state index in [-0.39, 0.29) is 36.1 Å². The molecule has 2 heterocycles. The number of nitrogens with one attached hydrogen (secondary N) is 1. The van der Waals surface area contributed by atoms with Crippen LogP contribution in [-0.2, 0) is 24.7 Å². The number of hydrogen-bond donors (Lipinski definition) is 1. The van der Waals surface area contributed by atoms with Crippen molar-refractivity contribution < 1.29 is 33.7 Å². The Morgan fingerprint density at radius 2 is 1.87 bits per heavy atom. The number of benzene rings is 1. The van der Waals surface area contributed by atoms with Crippen LogP contribution in [0.25, 0.3) is 0 Å². The Labute approximate surface area is 173 Å². The van der Waals surface area contributed by atoms with E-state index in [9.17, 15) is 24.0 Å². The average molecular weight is 416 g/mol. The van der Waals surface area contributed by atoms with Crippen molar-refractivity contribution in [3.05, 3.63) is 28.8 Å². The molecule has 9 nitrogen and oxygen atoms in total. The number of amides is 4. The van der Waals surface area contributed by atoms with Crippen LogP contribution in [0.5, 0.6) is 5.75 Å². The highest BCUT2D eigenvalue weighted by Crippen LogP contribution is 2.41. The zero-order valence-electron chi connectivity index (χ0n) is 17.4. The molecule has 1 unspecified atom stereocenters. The maximum Gasteiger partial charge on any atom is 0.355 e. The molecular weight excluding hydrogens is 392 g/mol. The molecule has 1 N–H and O–H groups in total. The van der Waals surface area contributed by atoms with Gasteiger partial charge in [0.25, 0.3) is 11.8 Å². The maximum absolute atomic E-state index is 13.3. The van der Waals surface area contributed by atoms with Crippen LogP contribution >= 0.6 is 0 Å². The first-order valence-electron chi connectivity index (χ1n) is 9.82. The van der Waals surface area contributed by atoms with Crippen molar-refractivity contribution in [2.45, 2.75) is 64.8 Å². The topological polar surface area (TPSA) is 119 Å². The van der Waals surface area contributed by atoms with Gasteiger partial charge >= 0.3 is 5.97 Å². The fraction of sp³-hybridized carbons (Fsp3) is 0.476. The minimum atomic E-state index is -1.06. The maximum atomic E-state index is 13.3. The fourth-order valence-electron chi connectivity index (χ4n) is 3.69. The summed E-state index contributed by atoms with van der Waals surface area (Å²) < 4.78 is 0. The predicted molar refractivity (Wildman–Crippen MR) is 103 cm³/mol. The van der Waals surface area contributed by atoms with E-state index in [0.717, 1.165) is 4.90 Å². The Bertz CT molecular complexity index is 945. The molecule has 9 heteroatoms. The number of carbonyl (C=O) groups is 5. The molecule has 0 saturated carbocycles. The number of imide groups is 2. The highest BCUT2D eigenvalue weighted by atomic mass is 17.2. The Morgan fingerprint density at radius 1 is 1.17 bits per heavy atom. The van der Waals surface area contributed by atoms with Gasteiger partial charge in [0.05, 0.1) is 11.1 Å². The van der Waals surface area contributed by atoms with E-state index in [1.165, 1.54) is 12.1 Å². The van der Waals surface area contributed by atoms with E-state index in [4.69, 9.17) is 9.78 Å². The summed E-state index contributed by atoms with van der Waals surface area (Å²) in [6.07, 6.45) is 0.875. The number of piperidine rings is 1. The minimum Gasteiger partial charge on any atom is -0.295 e. The molecule has 1 atom stereocenters. The summed E-state index contributed by atoms with van der Waals surface area (Å²) in [5.41, 5.74) is 0.00901. The van der Waals surface area contributed by atoms with E-state index in [1.807, 2.05) is 27.7 Å². The van der Waals surface area contributed by atoms with E-state index < -0.39 is 41.1 Å². The first-order chi connectivity index (χ1) is 14.1. The van der Waals surface area contributed by atoms with Crippen molar-refractivity contribution in [2.24, 2.45) is 0 Å². The lowest BCUT2D eigenvalue weighted by Gasteiger charge is -2.28. The monoisotopic (exact) mass is 416 g/mol. The van der Waals surface area contributed by atoms with E-state index in [1.54, 1.807) is 0 Å². The highest BCUT2D eigenvalue weighted by molar-refractivity contribution is 6.24. The summed E-state index contributed by atoms with van der Waals surface area (Å²) in [4.78, 5) is 72.7. The molecule has 1 aromatic rings. The van der Waals surface area contributed by atoms with Crippen molar-refractivity contribution in [3.63, 3.8) is 0 Å². The van der Waals surface area contributed by atoms with Crippen LogP contribution in [0.1, 0.15) is 79.7 Å². The molecule has 2 aliphatic heterocycles. The molecule has 1 aromatic carbocycles. The Balaban J connectivity index is 2.01. The molecule has 1 saturated heterocycles. The molecule has 0 bridgehead atoms. The molecule has 3 rings (SSSR count). The van der Waals surface area contributed by atoms with Crippen molar-refractivity contribution >= 4 is 29.6 Å². The second-order valence-corrected chi connectivity index (χ2v) is 8.35. The third kappa shape index (κ3) is 3.79. The van der Waals surface area contributed by atoms with Gasteiger partial charge in [-0.05, 0) is 30.4 Å². The first kappa shape index (κ1) is 21.5. The number of hydrogen-bond acceptors (Lipinski definition) is 7. The standard InChI is InChI=1S/C21H24N2O7/c1-5-6-15(25)30-29-13-9-7-11-16(17(13)21(2,3)4)20(28)23(19(11)27)12-8-10-14(24)22-18(12)26/h7,9,12H,5-6,8,10H2,1-4H3,(H,22,24,26). The van der Waals surface area contributed by atoms with Gasteiger partial charge in [-0.15, -0.1) is 0 Å². The molecular formula is C21H24N2O7. The number of rotatable bonds is 5. The summed E-state index contributed by atoms with van der Waals surface area (Å²) in [7, 11) is 0. The smallest absolute Gasteiger partial charge is 0.295 e. The summed E-state index contributed by atoms with van der Waals surface area (Å²) in [5.74, 6) is -2.76. The SMILES string of the molecule is CCCC(=O)OOc1ccc2c(c1C(C)(C)C)C(=O)N(C1CCC(=O)NC1=O)C2=O. The number of carbonyl (C=O) groups excluding carboxylic acids is 5. The Hall–Kier alpha value is -3.23. The van der Waals surface area contributed by atoms with Gasteiger partial charge in [0, 0.05) is 18.4 Å². The first-order valence-corrected chi connectivity index (χ1v) is 9.82. The fourth-order valence-corrected chi connectivity index (χ4v) is 3.69. The van der Waals surface area contributed by atoms with Crippen LogP contribution in [0.3, 0.4) is 0 Å². The van der Waals surface area contributed by atoms with Gasteiger partial charge in [0.1, 0.15) is 6.04 Å². The Morgan fingerprint density at radius 3 is 2.47 bits per heavy atom. The zero-order valence-corrected chi connectivity index (χ0v) is 17.4. The van der Waals surface area contributed by atoms with Crippen molar-refractivity contribution in [3.8, 4) is 5.75 Å². The molecule has 1 fully saturated rings. The average Bonchev–Trinajstić information content (AvgIpc) is 2.90. The van der Waals surface area contributed by atoms with Crippen LogP contribution in [0.4, 0.5) is 0 Å². The Kier molecular flexibility index (Phi) is 5.65. The molecule has 0 radical (unpaired) electrons. The second-order valence-electron chi connectivity index (χ2n) is 8.35. The van der Waals surface area contributed by atoms with Gasteiger partial charge in [0.15, 0.2) is 5.75 Å². The number of fused-ring (bicyclic) bond motifs is 1. The van der Waals surface area contributed by atoms with Crippen LogP contribution in [0, 0.1) is 0 Å². The van der Waals surface area contributed by atoms with Gasteiger partial charge < -0.3 is 0 Å². The van der Waals surface area contributed by atoms with Gasteiger partial charge in [-0.1, -0.05) is 27.7 Å². The third-order valence-corrected chi connectivity index (χ3v) is 5.00. The predicted octanol–water partition coefficient (Wildman–Crippen LogP) is 2.02. The van der Waals surface area contributed by atoms with Gasteiger partial charge in [-0.25, -0.2) is 4.79 Å². The molecule has 2 aliphatic rings. The normalized spacial score (nSPS) is 18.9. The van der Waals surface area contributed by atoms with Crippen molar-refractivity contribution in [1.29, 1.82) is 0 Å². The van der Waals surface area contributed by atoms with Crippen molar-refractivity contribution in [2.75, 3.05) is 0 Å². The van der Waals surface area contributed by atoms with E-state index in [2.05, 4.69) is 5.32 Å². The van der Waals surface area contributed by atoms with Gasteiger partial charge in [0.2, 0.25) is 11.8 Å². The molecule has 0 aromatic heterocycles. The van der Waals surface area contributed by atoms with E-state index in [0.29, 0.717) is 12.0 Å². The lowest BCUT2D eigenvalue weighted by molar-refractivity contribution is -0.214. The van der Waals surface area contributed by atoms with Gasteiger partial charge in [-0.3, -0.25) is 39.2 Å². The molecule has 30 heavy (non-hydrogen) atoms. The summed E-state index contributed by atoms with van der Waals surface area (Å²) >= 11 is 0. The second kappa shape index (κ2) is 7.89. The summed E-state index contributed by atoms with van der Waals surface area (Å²) in [6.45, 7) is 7.31. The molecule has 0 aliphatic carbocycles. The van der Waals surface area contributed by atoms with Gasteiger partial charge in [-0.2, -0.15) is 0 Å². The zero-order chi connectivity index (χ0) is 22.2. The summed E-state index contributed by atoms with van der Waals surface area (Å²) in [6, 6.07) is 1.83. The van der Waals surface area contributed by atoms with E-state index >= 15 is 0 Å².